The minimum absolute atomic E-state index is 0.00426. The average molecular weight is 390 g/mol. The highest BCUT2D eigenvalue weighted by molar-refractivity contribution is 6.30. The van der Waals surface area contributed by atoms with Crippen LogP contribution in [-0.2, 0) is 9.53 Å². The van der Waals surface area contributed by atoms with Crippen LogP contribution in [0, 0.1) is 11.8 Å². The van der Waals surface area contributed by atoms with Gasteiger partial charge in [0.1, 0.15) is 12.4 Å². The molecule has 5 rings (SSSR count). The predicted octanol–water partition coefficient (Wildman–Crippen LogP) is 4.02. The minimum Gasteiger partial charge on any atom is -0.507 e. The lowest BCUT2D eigenvalue weighted by molar-refractivity contribution is -0.128. The second-order valence-electron chi connectivity index (χ2n) is 8.35. The Morgan fingerprint density at radius 1 is 1.07 bits per heavy atom. The van der Waals surface area contributed by atoms with E-state index in [1.165, 1.54) is 12.8 Å². The number of carbonyl (C=O) groups excluding carboxylic acids is 3. The third kappa shape index (κ3) is 3.10. The number of ketones is 3. The molecule has 2 aromatic carbocycles. The zero-order valence-corrected chi connectivity index (χ0v) is 16.1. The van der Waals surface area contributed by atoms with Crippen molar-refractivity contribution in [1.29, 1.82) is 0 Å². The minimum atomic E-state index is -0.291. The maximum Gasteiger partial charge on any atom is 0.193 e. The second-order valence-corrected chi connectivity index (χ2v) is 8.35. The summed E-state index contributed by atoms with van der Waals surface area (Å²) in [6.07, 6.45) is 3.53. The van der Waals surface area contributed by atoms with Crippen molar-refractivity contribution in [3.63, 3.8) is 0 Å². The van der Waals surface area contributed by atoms with Gasteiger partial charge < -0.3 is 9.84 Å². The molecule has 1 unspecified atom stereocenters. The largest absolute Gasteiger partial charge is 0.507 e. The SMILES string of the molecule is O=C1C2=C(CCC(C(=O)COCC3CC3)C2)C(=O)c2c1cc1ccccc1c2O. The Morgan fingerprint density at radius 3 is 2.66 bits per heavy atom. The first-order chi connectivity index (χ1) is 14.0. The molecule has 3 aliphatic carbocycles. The van der Waals surface area contributed by atoms with Crippen molar-refractivity contribution < 1.29 is 24.2 Å². The number of rotatable bonds is 5. The van der Waals surface area contributed by atoms with Crippen molar-refractivity contribution in [2.45, 2.75) is 32.1 Å². The van der Waals surface area contributed by atoms with Crippen LogP contribution in [0.1, 0.15) is 52.8 Å². The number of aromatic hydroxyl groups is 1. The van der Waals surface area contributed by atoms with Crippen LogP contribution in [0.2, 0.25) is 0 Å². The molecule has 0 aromatic heterocycles. The summed E-state index contributed by atoms with van der Waals surface area (Å²) >= 11 is 0. The molecule has 3 aliphatic rings. The van der Waals surface area contributed by atoms with Crippen molar-refractivity contribution in [3.8, 4) is 5.75 Å². The second kappa shape index (κ2) is 6.92. The molecule has 5 nitrogen and oxygen atoms in total. The average Bonchev–Trinajstić information content (AvgIpc) is 3.56. The van der Waals surface area contributed by atoms with Gasteiger partial charge in [-0.3, -0.25) is 14.4 Å². The van der Waals surface area contributed by atoms with E-state index in [9.17, 15) is 19.5 Å². The van der Waals surface area contributed by atoms with E-state index < -0.39 is 0 Å². The van der Waals surface area contributed by atoms with E-state index in [0.29, 0.717) is 47.3 Å². The lowest BCUT2D eigenvalue weighted by Gasteiger charge is -2.29. The van der Waals surface area contributed by atoms with Gasteiger partial charge >= 0.3 is 0 Å². The smallest absolute Gasteiger partial charge is 0.193 e. The first kappa shape index (κ1) is 18.3. The molecule has 1 saturated carbocycles. The highest BCUT2D eigenvalue weighted by Crippen LogP contribution is 2.43. The Hall–Kier alpha value is -2.79. The van der Waals surface area contributed by atoms with E-state index in [4.69, 9.17) is 4.74 Å². The molecule has 0 saturated heterocycles. The van der Waals surface area contributed by atoms with Crippen LogP contribution >= 0.6 is 0 Å². The lowest BCUT2D eigenvalue weighted by atomic mass is 9.72. The fourth-order valence-corrected chi connectivity index (χ4v) is 4.48. The summed E-state index contributed by atoms with van der Waals surface area (Å²) in [5, 5.41) is 12.0. The molecule has 0 aliphatic heterocycles. The fraction of sp³-hybridized carbons (Fsp3) is 0.375. The predicted molar refractivity (Wildman–Crippen MR) is 107 cm³/mol. The number of allylic oxidation sites excluding steroid dienone is 2. The number of hydrogen-bond acceptors (Lipinski definition) is 5. The number of fused-ring (bicyclic) bond motifs is 2. The van der Waals surface area contributed by atoms with E-state index in [2.05, 4.69) is 0 Å². The maximum absolute atomic E-state index is 13.2. The van der Waals surface area contributed by atoms with Gasteiger partial charge in [0.25, 0.3) is 0 Å². The summed E-state index contributed by atoms with van der Waals surface area (Å²) in [5.41, 5.74) is 1.23. The number of phenolic OH excluding ortho intramolecular Hbond substituents is 1. The molecule has 1 N–H and O–H groups in total. The van der Waals surface area contributed by atoms with Gasteiger partial charge in [0.05, 0.1) is 5.56 Å². The molecular weight excluding hydrogens is 368 g/mol. The van der Waals surface area contributed by atoms with E-state index in [1.54, 1.807) is 24.3 Å². The van der Waals surface area contributed by atoms with Gasteiger partial charge in [-0.1, -0.05) is 24.3 Å². The van der Waals surface area contributed by atoms with Crippen LogP contribution < -0.4 is 0 Å². The topological polar surface area (TPSA) is 80.7 Å². The van der Waals surface area contributed by atoms with E-state index in [0.717, 1.165) is 0 Å². The van der Waals surface area contributed by atoms with Crippen molar-refractivity contribution >= 4 is 28.1 Å². The molecular formula is C24H22O5. The van der Waals surface area contributed by atoms with Gasteiger partial charge in [-0.25, -0.2) is 0 Å². The highest BCUT2D eigenvalue weighted by atomic mass is 16.5. The van der Waals surface area contributed by atoms with Crippen molar-refractivity contribution in [3.05, 3.63) is 52.6 Å². The summed E-state index contributed by atoms with van der Waals surface area (Å²) in [6.45, 7) is 0.706. The summed E-state index contributed by atoms with van der Waals surface area (Å²) < 4.78 is 5.53. The quantitative estimate of drug-likeness (QED) is 0.834. The number of benzene rings is 2. The van der Waals surface area contributed by atoms with Gasteiger partial charge in [-0.05, 0) is 49.5 Å². The summed E-state index contributed by atoms with van der Waals surface area (Å²) in [6, 6.07) is 8.84. The number of Topliss-reactive ketones (excluding diaryl/α,β-unsaturated/α-hetero) is 3. The van der Waals surface area contributed by atoms with Crippen LogP contribution in [0.15, 0.2) is 41.5 Å². The van der Waals surface area contributed by atoms with Gasteiger partial charge in [-0.15, -0.1) is 0 Å². The third-order valence-electron chi connectivity index (χ3n) is 6.35. The lowest BCUT2D eigenvalue weighted by Crippen LogP contribution is -2.31. The zero-order valence-electron chi connectivity index (χ0n) is 16.1. The number of carbonyl (C=O) groups is 3. The first-order valence-corrected chi connectivity index (χ1v) is 10.2. The molecule has 2 aromatic rings. The van der Waals surface area contributed by atoms with Crippen LogP contribution in [0.5, 0.6) is 5.75 Å². The Kier molecular flexibility index (Phi) is 4.36. The van der Waals surface area contributed by atoms with Crippen LogP contribution in [0.4, 0.5) is 0 Å². The summed E-state index contributed by atoms with van der Waals surface area (Å²) in [4.78, 5) is 38.9. The maximum atomic E-state index is 13.2. The Balaban J connectivity index is 1.44. The van der Waals surface area contributed by atoms with Crippen LogP contribution in [0.3, 0.4) is 0 Å². The molecule has 0 heterocycles. The fourth-order valence-electron chi connectivity index (χ4n) is 4.48. The molecule has 1 fully saturated rings. The third-order valence-corrected chi connectivity index (χ3v) is 6.35. The molecule has 5 heteroatoms. The molecule has 1 atom stereocenters. The molecule has 0 spiro atoms. The molecule has 0 amide bonds. The highest BCUT2D eigenvalue weighted by Gasteiger charge is 2.39. The van der Waals surface area contributed by atoms with Gasteiger partial charge in [-0.2, -0.15) is 0 Å². The van der Waals surface area contributed by atoms with Crippen molar-refractivity contribution in [2.75, 3.05) is 13.2 Å². The Labute approximate surface area is 168 Å². The number of ether oxygens (including phenoxy) is 1. The zero-order chi connectivity index (χ0) is 20.1. The molecule has 148 valence electrons. The van der Waals surface area contributed by atoms with E-state index >= 15 is 0 Å². The first-order valence-electron chi connectivity index (χ1n) is 10.2. The van der Waals surface area contributed by atoms with E-state index in [1.807, 2.05) is 6.07 Å². The molecule has 0 radical (unpaired) electrons. The van der Waals surface area contributed by atoms with Crippen LogP contribution in [0.25, 0.3) is 10.8 Å². The Morgan fingerprint density at radius 2 is 1.86 bits per heavy atom. The van der Waals surface area contributed by atoms with Gasteiger partial charge in [0, 0.05) is 34.6 Å². The normalized spacial score (nSPS) is 21.3. The summed E-state index contributed by atoms with van der Waals surface area (Å²) in [5.74, 6) is -0.347. The monoisotopic (exact) mass is 390 g/mol. The van der Waals surface area contributed by atoms with Crippen molar-refractivity contribution in [1.82, 2.24) is 0 Å². The number of phenols is 1. The molecule has 0 bridgehead atoms. The standard InChI is InChI=1S/C24H22O5/c25-20(12-29-11-13-5-6-13)15-7-8-17-18(10-15)22(26)19-9-14-3-1-2-4-16(14)23(27)21(19)24(17)28/h1-4,9,13,15,27H,5-8,10-12H2. The Bertz CT molecular complexity index is 1090. The van der Waals surface area contributed by atoms with Crippen LogP contribution in [-0.4, -0.2) is 35.7 Å². The van der Waals surface area contributed by atoms with Gasteiger partial charge in [0.15, 0.2) is 17.3 Å². The van der Waals surface area contributed by atoms with Crippen molar-refractivity contribution in [2.24, 2.45) is 11.8 Å². The van der Waals surface area contributed by atoms with E-state index in [-0.39, 0.29) is 53.2 Å². The number of hydrogen-bond donors (Lipinski definition) is 1. The summed E-state index contributed by atoms with van der Waals surface area (Å²) in [7, 11) is 0. The van der Waals surface area contributed by atoms with Gasteiger partial charge in [0.2, 0.25) is 0 Å². The molecule has 29 heavy (non-hydrogen) atoms.